The number of carbonyl (C=O) groups excluding carboxylic acids is 2. The van der Waals surface area contributed by atoms with Crippen LogP contribution >= 0.6 is 0 Å². The Morgan fingerprint density at radius 3 is 2.35 bits per heavy atom. The van der Waals surface area contributed by atoms with E-state index in [0.717, 1.165) is 22.3 Å². The number of aromatic nitrogens is 1. The molecule has 4 rings (SSSR count). The van der Waals surface area contributed by atoms with Crippen LogP contribution in [0.3, 0.4) is 0 Å². The summed E-state index contributed by atoms with van der Waals surface area (Å²) in [5, 5.41) is 11.2. The Morgan fingerprint density at radius 2 is 1.68 bits per heavy atom. The van der Waals surface area contributed by atoms with Gasteiger partial charge in [0.05, 0.1) is 11.3 Å². The second-order valence-corrected chi connectivity index (χ2v) is 7.94. The molecule has 5 heteroatoms. The maximum Gasteiger partial charge on any atom is 0.300 e. The van der Waals surface area contributed by atoms with E-state index < -0.39 is 17.7 Å². The van der Waals surface area contributed by atoms with Gasteiger partial charge in [-0.1, -0.05) is 30.3 Å². The predicted molar refractivity (Wildman–Crippen MR) is 121 cm³/mol. The number of amides is 1. The lowest BCUT2D eigenvalue weighted by atomic mass is 9.96. The van der Waals surface area contributed by atoms with Gasteiger partial charge in [-0.25, -0.2) is 0 Å². The molecule has 1 N–H and O–H groups in total. The molecule has 1 fully saturated rings. The largest absolute Gasteiger partial charge is 0.507 e. The van der Waals surface area contributed by atoms with Crippen molar-refractivity contribution in [2.75, 3.05) is 4.90 Å². The zero-order chi connectivity index (χ0) is 22.3. The van der Waals surface area contributed by atoms with E-state index in [1.165, 1.54) is 4.90 Å². The van der Waals surface area contributed by atoms with Gasteiger partial charge in [-0.05, 0) is 74.2 Å². The van der Waals surface area contributed by atoms with Crippen LogP contribution in [0.4, 0.5) is 5.69 Å². The second-order valence-electron chi connectivity index (χ2n) is 7.94. The van der Waals surface area contributed by atoms with Crippen LogP contribution in [0.1, 0.15) is 39.6 Å². The Kier molecular flexibility index (Phi) is 5.19. The summed E-state index contributed by atoms with van der Waals surface area (Å²) in [7, 11) is 0. The van der Waals surface area contributed by atoms with Gasteiger partial charge in [-0.3, -0.25) is 19.5 Å². The van der Waals surface area contributed by atoms with Crippen LogP contribution in [0.2, 0.25) is 0 Å². The molecule has 1 amide bonds. The molecular formula is C26H24N2O3. The number of hydrogen-bond donors (Lipinski definition) is 1. The fraction of sp³-hybridized carbons (Fsp3) is 0.192. The highest BCUT2D eigenvalue weighted by Crippen LogP contribution is 2.42. The minimum atomic E-state index is -0.816. The smallest absolute Gasteiger partial charge is 0.300 e. The summed E-state index contributed by atoms with van der Waals surface area (Å²) in [5.41, 5.74) is 5.68. The Labute approximate surface area is 181 Å². The number of anilines is 1. The number of rotatable bonds is 3. The number of aliphatic hydroxyl groups is 1. The number of Topliss-reactive ketones (excluding diaryl/α,β-unsaturated/α-hetero) is 1. The van der Waals surface area contributed by atoms with Crippen molar-refractivity contribution in [1.82, 2.24) is 4.98 Å². The van der Waals surface area contributed by atoms with Gasteiger partial charge in [0, 0.05) is 17.4 Å². The summed E-state index contributed by atoms with van der Waals surface area (Å²) in [6.45, 7) is 7.80. The van der Waals surface area contributed by atoms with E-state index in [2.05, 4.69) is 4.98 Å². The maximum absolute atomic E-state index is 13.2. The molecule has 1 aliphatic rings. The van der Waals surface area contributed by atoms with E-state index in [4.69, 9.17) is 0 Å². The highest BCUT2D eigenvalue weighted by molar-refractivity contribution is 6.51. The minimum Gasteiger partial charge on any atom is -0.507 e. The van der Waals surface area contributed by atoms with Gasteiger partial charge in [0.1, 0.15) is 11.8 Å². The molecule has 1 saturated heterocycles. The van der Waals surface area contributed by atoms with Crippen molar-refractivity contribution in [1.29, 1.82) is 0 Å². The number of aliphatic hydroxyl groups excluding tert-OH is 1. The summed E-state index contributed by atoms with van der Waals surface area (Å²) in [5.74, 6) is -1.58. The van der Waals surface area contributed by atoms with Gasteiger partial charge in [-0.2, -0.15) is 0 Å². The summed E-state index contributed by atoms with van der Waals surface area (Å²) >= 11 is 0. The molecule has 0 radical (unpaired) electrons. The number of aryl methyl sites for hydroxylation is 3. The molecule has 2 aromatic carbocycles. The topological polar surface area (TPSA) is 70.5 Å². The number of carbonyl (C=O) groups is 2. The van der Waals surface area contributed by atoms with Crippen LogP contribution < -0.4 is 4.90 Å². The normalized spacial score (nSPS) is 17.9. The van der Waals surface area contributed by atoms with Gasteiger partial charge in [-0.15, -0.1) is 0 Å². The van der Waals surface area contributed by atoms with Gasteiger partial charge >= 0.3 is 0 Å². The van der Waals surface area contributed by atoms with Gasteiger partial charge in [0.2, 0.25) is 0 Å². The Bertz CT molecular complexity index is 1230. The number of hydrogen-bond acceptors (Lipinski definition) is 4. The number of pyridine rings is 1. The average Bonchev–Trinajstić information content (AvgIpc) is 3.03. The molecule has 156 valence electrons. The molecule has 1 unspecified atom stereocenters. The van der Waals surface area contributed by atoms with Crippen molar-refractivity contribution in [3.8, 4) is 0 Å². The van der Waals surface area contributed by atoms with Gasteiger partial charge in [0.25, 0.3) is 11.7 Å². The van der Waals surface area contributed by atoms with Crippen LogP contribution in [0.5, 0.6) is 0 Å². The number of nitrogens with zero attached hydrogens (tertiary/aromatic N) is 2. The number of benzene rings is 2. The molecule has 5 nitrogen and oxygen atoms in total. The van der Waals surface area contributed by atoms with E-state index in [1.807, 2.05) is 64.1 Å². The fourth-order valence-electron chi connectivity index (χ4n) is 3.94. The van der Waals surface area contributed by atoms with Crippen LogP contribution in [-0.2, 0) is 9.59 Å². The molecule has 0 bridgehead atoms. The van der Waals surface area contributed by atoms with E-state index in [9.17, 15) is 14.7 Å². The molecule has 1 aliphatic heterocycles. The third-order valence-corrected chi connectivity index (χ3v) is 6.03. The standard InChI is InChI=1S/C26H24N2O3/c1-15-11-12-19(14-17(15)3)24(29)22-23(20-9-5-6-13-27-20)28(26(31)25(22)30)21-10-7-8-16(2)18(21)4/h5-14,23,29H,1-4H3/b24-22+. The monoisotopic (exact) mass is 412 g/mol. The molecule has 0 spiro atoms. The zero-order valence-corrected chi connectivity index (χ0v) is 18.0. The Hall–Kier alpha value is -3.73. The lowest BCUT2D eigenvalue weighted by molar-refractivity contribution is -0.132. The van der Waals surface area contributed by atoms with Gasteiger partial charge < -0.3 is 5.11 Å². The molecule has 1 atom stereocenters. The molecular weight excluding hydrogens is 388 g/mol. The van der Waals surface area contributed by atoms with Crippen molar-refractivity contribution in [3.05, 3.63) is 99.9 Å². The highest BCUT2D eigenvalue weighted by Gasteiger charge is 2.48. The highest BCUT2D eigenvalue weighted by atomic mass is 16.3. The first kappa shape index (κ1) is 20.5. The quantitative estimate of drug-likeness (QED) is 0.376. The van der Waals surface area contributed by atoms with E-state index in [-0.39, 0.29) is 11.3 Å². The van der Waals surface area contributed by atoms with Crippen molar-refractivity contribution >= 4 is 23.1 Å². The molecule has 0 aliphatic carbocycles. The van der Waals surface area contributed by atoms with Crippen molar-refractivity contribution < 1.29 is 14.7 Å². The predicted octanol–water partition coefficient (Wildman–Crippen LogP) is 4.94. The first-order valence-electron chi connectivity index (χ1n) is 10.2. The van der Waals surface area contributed by atoms with E-state index >= 15 is 0 Å². The fourth-order valence-corrected chi connectivity index (χ4v) is 3.94. The second kappa shape index (κ2) is 7.84. The Balaban J connectivity index is 1.98. The summed E-state index contributed by atoms with van der Waals surface area (Å²) < 4.78 is 0. The van der Waals surface area contributed by atoms with Gasteiger partial charge in [0.15, 0.2) is 0 Å². The SMILES string of the molecule is Cc1ccc(/C(O)=C2\C(=O)C(=O)N(c3cccc(C)c3C)C2c2ccccn2)cc1C. The third-order valence-electron chi connectivity index (χ3n) is 6.03. The van der Waals surface area contributed by atoms with Crippen LogP contribution in [0.25, 0.3) is 5.76 Å². The van der Waals surface area contributed by atoms with Crippen molar-refractivity contribution in [2.45, 2.75) is 33.7 Å². The molecule has 0 saturated carbocycles. The molecule has 31 heavy (non-hydrogen) atoms. The first-order chi connectivity index (χ1) is 14.8. The minimum absolute atomic E-state index is 0.0489. The van der Waals surface area contributed by atoms with Crippen molar-refractivity contribution in [2.24, 2.45) is 0 Å². The van der Waals surface area contributed by atoms with Crippen LogP contribution in [0, 0.1) is 27.7 Å². The first-order valence-corrected chi connectivity index (χ1v) is 10.2. The summed E-state index contributed by atoms with van der Waals surface area (Å²) in [6.07, 6.45) is 1.62. The maximum atomic E-state index is 13.2. The lowest BCUT2D eigenvalue weighted by Gasteiger charge is -2.26. The van der Waals surface area contributed by atoms with Crippen molar-refractivity contribution in [3.63, 3.8) is 0 Å². The summed E-state index contributed by atoms with van der Waals surface area (Å²) in [6, 6.07) is 15.6. The van der Waals surface area contributed by atoms with Crippen LogP contribution in [0.15, 0.2) is 66.4 Å². The molecule has 3 aromatic rings. The summed E-state index contributed by atoms with van der Waals surface area (Å²) in [4.78, 5) is 32.3. The van der Waals surface area contributed by atoms with Crippen LogP contribution in [-0.4, -0.2) is 21.8 Å². The zero-order valence-electron chi connectivity index (χ0n) is 18.0. The Morgan fingerprint density at radius 1 is 0.903 bits per heavy atom. The lowest BCUT2D eigenvalue weighted by Crippen LogP contribution is -2.30. The van der Waals surface area contributed by atoms with E-state index in [1.54, 1.807) is 24.4 Å². The molecule has 1 aromatic heterocycles. The average molecular weight is 412 g/mol. The van der Waals surface area contributed by atoms with E-state index in [0.29, 0.717) is 16.9 Å². The number of ketones is 1. The molecule has 2 heterocycles. The third kappa shape index (κ3) is 3.42.